The highest BCUT2D eigenvalue weighted by Gasteiger charge is 2.19. The van der Waals surface area contributed by atoms with Gasteiger partial charge in [0, 0.05) is 12.4 Å². The average Bonchev–Trinajstić information content (AvgIpc) is 2.70. The molecule has 1 amide bonds. The standard InChI is InChI=1S/C20H17N3O4/c1-14(18(24)23-20-21-12-5-13-22-20)26-19(25)15-8-10-17(11-9-15)27-16-6-3-2-4-7-16/h2-14H,1H3,(H,21,22,23,24). The van der Waals surface area contributed by atoms with Gasteiger partial charge in [-0.15, -0.1) is 0 Å². The maximum atomic E-state index is 12.2. The molecule has 0 spiro atoms. The van der Waals surface area contributed by atoms with Crippen LogP contribution in [0.2, 0.25) is 0 Å². The molecule has 3 rings (SSSR count). The van der Waals surface area contributed by atoms with Crippen LogP contribution in [0.3, 0.4) is 0 Å². The minimum absolute atomic E-state index is 0.146. The van der Waals surface area contributed by atoms with Gasteiger partial charge in [-0.2, -0.15) is 0 Å². The second-order valence-corrected chi connectivity index (χ2v) is 5.55. The SMILES string of the molecule is CC(OC(=O)c1ccc(Oc2ccccc2)cc1)C(=O)Nc1ncccn1. The largest absolute Gasteiger partial charge is 0.457 e. The van der Waals surface area contributed by atoms with Gasteiger partial charge in [-0.25, -0.2) is 14.8 Å². The van der Waals surface area contributed by atoms with E-state index in [1.165, 1.54) is 19.3 Å². The summed E-state index contributed by atoms with van der Waals surface area (Å²) in [6, 6.07) is 17.4. The van der Waals surface area contributed by atoms with Gasteiger partial charge >= 0.3 is 5.97 Å². The maximum Gasteiger partial charge on any atom is 0.338 e. The highest BCUT2D eigenvalue weighted by atomic mass is 16.5. The minimum Gasteiger partial charge on any atom is -0.457 e. The van der Waals surface area contributed by atoms with Gasteiger partial charge in [-0.3, -0.25) is 10.1 Å². The van der Waals surface area contributed by atoms with Gasteiger partial charge in [0.15, 0.2) is 6.10 Å². The highest BCUT2D eigenvalue weighted by molar-refractivity contribution is 5.96. The van der Waals surface area contributed by atoms with Gasteiger partial charge in [0.25, 0.3) is 5.91 Å². The number of nitrogens with one attached hydrogen (secondary N) is 1. The van der Waals surface area contributed by atoms with Crippen LogP contribution in [0.1, 0.15) is 17.3 Å². The van der Waals surface area contributed by atoms with E-state index in [1.54, 1.807) is 30.3 Å². The monoisotopic (exact) mass is 363 g/mol. The average molecular weight is 363 g/mol. The van der Waals surface area contributed by atoms with Crippen LogP contribution in [0.4, 0.5) is 5.95 Å². The van der Waals surface area contributed by atoms with Crippen molar-refractivity contribution in [3.05, 3.63) is 78.6 Å². The van der Waals surface area contributed by atoms with E-state index in [-0.39, 0.29) is 5.95 Å². The van der Waals surface area contributed by atoms with Crippen LogP contribution in [-0.2, 0) is 9.53 Å². The fraction of sp³-hybridized carbons (Fsp3) is 0.100. The summed E-state index contributed by atoms with van der Waals surface area (Å²) in [5, 5.41) is 2.48. The molecule has 1 heterocycles. The Kier molecular flexibility index (Phi) is 5.73. The van der Waals surface area contributed by atoms with Crippen molar-refractivity contribution in [2.75, 3.05) is 5.32 Å². The molecule has 0 aliphatic carbocycles. The summed E-state index contributed by atoms with van der Waals surface area (Å²) >= 11 is 0. The Bertz CT molecular complexity index is 900. The quantitative estimate of drug-likeness (QED) is 0.675. The molecule has 7 nitrogen and oxygen atoms in total. The molecule has 136 valence electrons. The Labute approximate surface area is 156 Å². The molecule has 1 N–H and O–H groups in total. The van der Waals surface area contributed by atoms with E-state index in [2.05, 4.69) is 15.3 Å². The molecule has 2 aromatic carbocycles. The Morgan fingerprint density at radius 1 is 0.889 bits per heavy atom. The lowest BCUT2D eigenvalue weighted by Gasteiger charge is -2.13. The van der Waals surface area contributed by atoms with Crippen molar-refractivity contribution in [2.24, 2.45) is 0 Å². The van der Waals surface area contributed by atoms with Gasteiger partial charge in [0.05, 0.1) is 5.56 Å². The molecule has 0 aliphatic heterocycles. The molecule has 1 aromatic heterocycles. The summed E-state index contributed by atoms with van der Waals surface area (Å²) in [5.41, 5.74) is 0.311. The molecule has 0 aliphatic rings. The molecule has 0 bridgehead atoms. The van der Waals surface area contributed by atoms with E-state index in [1.807, 2.05) is 30.3 Å². The Hall–Kier alpha value is -3.74. The molecule has 7 heteroatoms. The van der Waals surface area contributed by atoms with Crippen molar-refractivity contribution < 1.29 is 19.1 Å². The van der Waals surface area contributed by atoms with Crippen molar-refractivity contribution in [3.8, 4) is 11.5 Å². The number of carbonyl (C=O) groups is 2. The predicted octanol–water partition coefficient (Wildman–Crippen LogP) is 3.45. The van der Waals surface area contributed by atoms with Crippen molar-refractivity contribution in [1.29, 1.82) is 0 Å². The zero-order valence-electron chi connectivity index (χ0n) is 14.5. The fourth-order valence-electron chi connectivity index (χ4n) is 2.14. The molecular weight excluding hydrogens is 346 g/mol. The molecular formula is C20H17N3O4. The molecule has 0 saturated heterocycles. The zero-order chi connectivity index (χ0) is 19.1. The van der Waals surface area contributed by atoms with Gasteiger partial charge < -0.3 is 9.47 Å². The van der Waals surface area contributed by atoms with Gasteiger partial charge in [0.2, 0.25) is 5.95 Å². The van der Waals surface area contributed by atoms with Crippen LogP contribution in [0.25, 0.3) is 0 Å². The number of hydrogen-bond donors (Lipinski definition) is 1. The third kappa shape index (κ3) is 5.12. The van der Waals surface area contributed by atoms with Crippen molar-refractivity contribution in [2.45, 2.75) is 13.0 Å². The molecule has 1 atom stereocenters. The van der Waals surface area contributed by atoms with E-state index in [9.17, 15) is 9.59 Å². The Balaban J connectivity index is 1.56. The van der Waals surface area contributed by atoms with Gasteiger partial charge in [0.1, 0.15) is 11.5 Å². The van der Waals surface area contributed by atoms with Crippen LogP contribution >= 0.6 is 0 Å². The van der Waals surface area contributed by atoms with Crippen LogP contribution in [-0.4, -0.2) is 27.9 Å². The van der Waals surface area contributed by atoms with E-state index < -0.39 is 18.0 Å². The third-order valence-corrected chi connectivity index (χ3v) is 3.52. The predicted molar refractivity (Wildman–Crippen MR) is 98.5 cm³/mol. The minimum atomic E-state index is -0.999. The molecule has 1 unspecified atom stereocenters. The second-order valence-electron chi connectivity index (χ2n) is 5.55. The summed E-state index contributed by atoms with van der Waals surface area (Å²) in [7, 11) is 0. The number of nitrogens with zero attached hydrogens (tertiary/aromatic N) is 2. The normalized spacial score (nSPS) is 11.3. The fourth-order valence-corrected chi connectivity index (χ4v) is 2.14. The lowest BCUT2D eigenvalue weighted by Crippen LogP contribution is -2.30. The summed E-state index contributed by atoms with van der Waals surface area (Å²) in [6.07, 6.45) is 2.00. The van der Waals surface area contributed by atoms with Crippen LogP contribution in [0.15, 0.2) is 73.1 Å². The first kappa shape index (κ1) is 18.1. The number of rotatable bonds is 6. The molecule has 0 fully saturated rings. The summed E-state index contributed by atoms with van der Waals surface area (Å²) < 4.78 is 10.8. The van der Waals surface area contributed by atoms with Crippen LogP contribution in [0, 0.1) is 0 Å². The number of benzene rings is 2. The molecule has 0 saturated carbocycles. The molecule has 3 aromatic rings. The van der Waals surface area contributed by atoms with Crippen molar-refractivity contribution in [1.82, 2.24) is 9.97 Å². The van der Waals surface area contributed by atoms with E-state index >= 15 is 0 Å². The zero-order valence-corrected chi connectivity index (χ0v) is 14.5. The molecule has 27 heavy (non-hydrogen) atoms. The van der Waals surface area contributed by atoms with Crippen molar-refractivity contribution in [3.63, 3.8) is 0 Å². The summed E-state index contributed by atoms with van der Waals surface area (Å²) in [4.78, 5) is 32.0. The number of para-hydroxylation sites is 1. The van der Waals surface area contributed by atoms with Crippen LogP contribution < -0.4 is 10.1 Å². The van der Waals surface area contributed by atoms with Gasteiger partial charge in [-0.1, -0.05) is 18.2 Å². The second kappa shape index (κ2) is 8.57. The lowest BCUT2D eigenvalue weighted by atomic mass is 10.2. The molecule has 0 radical (unpaired) electrons. The Morgan fingerprint density at radius 3 is 2.19 bits per heavy atom. The smallest absolute Gasteiger partial charge is 0.338 e. The number of anilines is 1. The van der Waals surface area contributed by atoms with E-state index in [0.29, 0.717) is 17.1 Å². The number of hydrogen-bond acceptors (Lipinski definition) is 6. The number of aromatic nitrogens is 2. The number of esters is 1. The number of amides is 1. The van der Waals surface area contributed by atoms with Gasteiger partial charge in [-0.05, 0) is 49.4 Å². The summed E-state index contributed by atoms with van der Waals surface area (Å²) in [6.45, 7) is 1.48. The Morgan fingerprint density at radius 2 is 1.52 bits per heavy atom. The van der Waals surface area contributed by atoms with E-state index in [0.717, 1.165) is 0 Å². The first-order valence-electron chi connectivity index (χ1n) is 8.23. The topological polar surface area (TPSA) is 90.4 Å². The first-order valence-corrected chi connectivity index (χ1v) is 8.23. The number of carbonyl (C=O) groups excluding carboxylic acids is 2. The van der Waals surface area contributed by atoms with Crippen molar-refractivity contribution >= 4 is 17.8 Å². The highest BCUT2D eigenvalue weighted by Crippen LogP contribution is 2.21. The van der Waals surface area contributed by atoms with E-state index in [4.69, 9.17) is 9.47 Å². The first-order chi connectivity index (χ1) is 13.1. The van der Waals surface area contributed by atoms with Crippen LogP contribution in [0.5, 0.6) is 11.5 Å². The number of ether oxygens (including phenoxy) is 2. The third-order valence-electron chi connectivity index (χ3n) is 3.52. The summed E-state index contributed by atoms with van der Waals surface area (Å²) in [5.74, 6) is 0.301. The maximum absolute atomic E-state index is 12.2. The lowest BCUT2D eigenvalue weighted by molar-refractivity contribution is -0.123.